The molecule has 0 heterocycles. The highest BCUT2D eigenvalue weighted by atomic mass is 19.1. The molecular weight excluding hydrogens is 247 g/mol. The number of benzene rings is 1. The summed E-state index contributed by atoms with van der Waals surface area (Å²) in [6, 6.07) is 8.87. The molecule has 1 heteroatoms. The molecule has 0 radical (unpaired) electrons. The molecule has 1 aromatic rings. The fourth-order valence-electron chi connectivity index (χ4n) is 3.00. The van der Waals surface area contributed by atoms with Crippen LogP contribution in [0.2, 0.25) is 0 Å². The smallest absolute Gasteiger partial charge is 0.100 e. The lowest BCUT2D eigenvalue weighted by molar-refractivity contribution is 0.235. The molecule has 0 nitrogen and oxygen atoms in total. The Balaban J connectivity index is 1.83. The number of halogens is 1. The van der Waals surface area contributed by atoms with Gasteiger partial charge in [0, 0.05) is 0 Å². The second kappa shape index (κ2) is 8.24. The summed E-state index contributed by atoms with van der Waals surface area (Å²) < 4.78 is 13.2. The van der Waals surface area contributed by atoms with Crippen molar-refractivity contribution in [1.82, 2.24) is 0 Å². The summed E-state index contributed by atoms with van der Waals surface area (Å²) in [5.41, 5.74) is 2.67. The quantitative estimate of drug-likeness (QED) is 0.536. The van der Waals surface area contributed by atoms with Crippen LogP contribution in [0, 0.1) is 0 Å². The molecule has 0 saturated heterocycles. The SMILES string of the molecule is CCCCC/C=C/c1ccc(C2CCC(F)CC2)cc1. The van der Waals surface area contributed by atoms with Crippen LogP contribution < -0.4 is 0 Å². The summed E-state index contributed by atoms with van der Waals surface area (Å²) in [5, 5.41) is 0. The standard InChI is InChI=1S/C19H27F/c1-2-3-4-5-6-7-16-8-10-17(11-9-16)18-12-14-19(20)15-13-18/h6-11,18-19H,2-5,12-15H2,1H3/b7-6+. The maximum atomic E-state index is 13.2. The zero-order valence-electron chi connectivity index (χ0n) is 12.7. The molecule has 1 aliphatic carbocycles. The number of unbranched alkanes of at least 4 members (excludes halogenated alkanes) is 3. The predicted molar refractivity (Wildman–Crippen MR) is 85.7 cm³/mol. The molecule has 0 atom stereocenters. The zero-order chi connectivity index (χ0) is 14.2. The Labute approximate surface area is 123 Å². The lowest BCUT2D eigenvalue weighted by atomic mass is 9.83. The van der Waals surface area contributed by atoms with E-state index < -0.39 is 6.17 Å². The van der Waals surface area contributed by atoms with E-state index in [1.165, 1.54) is 36.8 Å². The van der Waals surface area contributed by atoms with Crippen molar-refractivity contribution in [3.8, 4) is 0 Å². The van der Waals surface area contributed by atoms with Gasteiger partial charge in [-0.25, -0.2) is 4.39 Å². The van der Waals surface area contributed by atoms with Gasteiger partial charge in [0.2, 0.25) is 0 Å². The molecule has 0 spiro atoms. The normalized spacial score (nSPS) is 23.3. The number of hydrogen-bond donors (Lipinski definition) is 0. The summed E-state index contributed by atoms with van der Waals surface area (Å²) in [5.74, 6) is 0.574. The first-order valence-electron chi connectivity index (χ1n) is 8.20. The van der Waals surface area contributed by atoms with Gasteiger partial charge in [-0.05, 0) is 55.6 Å². The fourth-order valence-corrected chi connectivity index (χ4v) is 3.00. The third-order valence-electron chi connectivity index (χ3n) is 4.35. The minimum absolute atomic E-state index is 0.559. The Morgan fingerprint density at radius 1 is 1.05 bits per heavy atom. The monoisotopic (exact) mass is 274 g/mol. The molecule has 0 amide bonds. The Morgan fingerprint density at radius 2 is 1.75 bits per heavy atom. The molecule has 110 valence electrons. The average molecular weight is 274 g/mol. The molecule has 0 unspecified atom stereocenters. The highest BCUT2D eigenvalue weighted by Crippen LogP contribution is 2.34. The summed E-state index contributed by atoms with van der Waals surface area (Å²) in [4.78, 5) is 0. The molecule has 1 fully saturated rings. The topological polar surface area (TPSA) is 0 Å². The van der Waals surface area contributed by atoms with Crippen molar-refractivity contribution in [3.63, 3.8) is 0 Å². The van der Waals surface area contributed by atoms with E-state index in [0.717, 1.165) is 25.7 Å². The van der Waals surface area contributed by atoms with Crippen LogP contribution in [0.4, 0.5) is 4.39 Å². The van der Waals surface area contributed by atoms with Gasteiger partial charge >= 0.3 is 0 Å². The minimum Gasteiger partial charge on any atom is -0.247 e. The Bertz CT molecular complexity index is 396. The zero-order valence-corrected chi connectivity index (χ0v) is 12.7. The summed E-state index contributed by atoms with van der Waals surface area (Å²) in [6.45, 7) is 2.23. The number of allylic oxidation sites excluding steroid dienone is 1. The summed E-state index contributed by atoms with van der Waals surface area (Å²) in [6.07, 6.45) is 12.5. The first-order valence-corrected chi connectivity index (χ1v) is 8.20. The van der Waals surface area contributed by atoms with E-state index in [4.69, 9.17) is 0 Å². The van der Waals surface area contributed by atoms with Crippen LogP contribution >= 0.6 is 0 Å². The van der Waals surface area contributed by atoms with Gasteiger partial charge in [0.15, 0.2) is 0 Å². The first kappa shape index (κ1) is 15.3. The van der Waals surface area contributed by atoms with Crippen LogP contribution in [0.15, 0.2) is 30.3 Å². The van der Waals surface area contributed by atoms with Crippen LogP contribution in [0.1, 0.15) is 75.3 Å². The van der Waals surface area contributed by atoms with Crippen LogP contribution in [-0.4, -0.2) is 6.17 Å². The molecule has 1 aliphatic rings. The summed E-state index contributed by atoms with van der Waals surface area (Å²) in [7, 11) is 0. The maximum Gasteiger partial charge on any atom is 0.100 e. The van der Waals surface area contributed by atoms with Gasteiger partial charge in [-0.15, -0.1) is 0 Å². The van der Waals surface area contributed by atoms with Crippen LogP contribution in [-0.2, 0) is 0 Å². The van der Waals surface area contributed by atoms with E-state index in [1.54, 1.807) is 0 Å². The van der Waals surface area contributed by atoms with Crippen molar-refractivity contribution in [2.75, 3.05) is 0 Å². The largest absolute Gasteiger partial charge is 0.247 e. The second-order valence-corrected chi connectivity index (χ2v) is 6.01. The van der Waals surface area contributed by atoms with E-state index in [9.17, 15) is 4.39 Å². The van der Waals surface area contributed by atoms with Gasteiger partial charge in [-0.2, -0.15) is 0 Å². The van der Waals surface area contributed by atoms with Crippen molar-refractivity contribution < 1.29 is 4.39 Å². The van der Waals surface area contributed by atoms with E-state index in [2.05, 4.69) is 43.3 Å². The molecule has 0 N–H and O–H groups in total. The van der Waals surface area contributed by atoms with Crippen molar-refractivity contribution in [1.29, 1.82) is 0 Å². The van der Waals surface area contributed by atoms with Crippen molar-refractivity contribution >= 4 is 6.08 Å². The predicted octanol–water partition coefficient (Wildman–Crippen LogP) is 6.28. The molecule has 1 saturated carbocycles. The second-order valence-electron chi connectivity index (χ2n) is 6.01. The maximum absolute atomic E-state index is 13.2. The van der Waals surface area contributed by atoms with Crippen LogP contribution in [0.5, 0.6) is 0 Å². The van der Waals surface area contributed by atoms with Crippen molar-refractivity contribution in [2.24, 2.45) is 0 Å². The van der Waals surface area contributed by atoms with Gasteiger partial charge in [0.05, 0.1) is 0 Å². The highest BCUT2D eigenvalue weighted by molar-refractivity contribution is 5.49. The molecule has 2 rings (SSSR count). The van der Waals surface area contributed by atoms with E-state index >= 15 is 0 Å². The lowest BCUT2D eigenvalue weighted by Crippen LogP contribution is -2.13. The van der Waals surface area contributed by atoms with Gasteiger partial charge in [-0.3, -0.25) is 0 Å². The molecule has 0 aromatic heterocycles. The average Bonchev–Trinajstić information content (AvgIpc) is 2.49. The molecule has 0 aliphatic heterocycles. The van der Waals surface area contributed by atoms with Crippen LogP contribution in [0.25, 0.3) is 6.08 Å². The first-order chi connectivity index (χ1) is 9.79. The third kappa shape index (κ3) is 4.77. The third-order valence-corrected chi connectivity index (χ3v) is 4.35. The van der Waals surface area contributed by atoms with Crippen LogP contribution in [0.3, 0.4) is 0 Å². The highest BCUT2D eigenvalue weighted by Gasteiger charge is 2.21. The van der Waals surface area contributed by atoms with Gasteiger partial charge in [0.25, 0.3) is 0 Å². The minimum atomic E-state index is -0.559. The Morgan fingerprint density at radius 3 is 2.40 bits per heavy atom. The number of rotatable bonds is 6. The lowest BCUT2D eigenvalue weighted by Gasteiger charge is -2.24. The Hall–Kier alpha value is -1.11. The van der Waals surface area contributed by atoms with E-state index in [1.807, 2.05) is 0 Å². The summed E-state index contributed by atoms with van der Waals surface area (Å²) >= 11 is 0. The van der Waals surface area contributed by atoms with E-state index in [-0.39, 0.29) is 0 Å². The Kier molecular flexibility index (Phi) is 6.29. The number of hydrogen-bond acceptors (Lipinski definition) is 0. The number of alkyl halides is 1. The van der Waals surface area contributed by atoms with Crippen molar-refractivity contribution in [2.45, 2.75) is 70.4 Å². The van der Waals surface area contributed by atoms with Crippen molar-refractivity contribution in [3.05, 3.63) is 41.5 Å². The molecule has 20 heavy (non-hydrogen) atoms. The molecule has 0 bridgehead atoms. The van der Waals surface area contributed by atoms with Gasteiger partial charge in [0.1, 0.15) is 6.17 Å². The molecule has 1 aromatic carbocycles. The molecular formula is C19H27F. The van der Waals surface area contributed by atoms with Gasteiger partial charge in [-0.1, -0.05) is 56.2 Å². The fraction of sp³-hybridized carbons (Fsp3) is 0.579. The van der Waals surface area contributed by atoms with Gasteiger partial charge < -0.3 is 0 Å². The van der Waals surface area contributed by atoms with E-state index in [0.29, 0.717) is 5.92 Å².